The third-order valence-electron chi connectivity index (χ3n) is 2.84. The van der Waals surface area contributed by atoms with Crippen LogP contribution >= 0.6 is 0 Å². The van der Waals surface area contributed by atoms with Gasteiger partial charge in [-0.2, -0.15) is 0 Å². The van der Waals surface area contributed by atoms with Gasteiger partial charge in [-0.05, 0) is 0 Å². The van der Waals surface area contributed by atoms with Crippen LogP contribution in [0.15, 0.2) is 12.8 Å². The summed E-state index contributed by atoms with van der Waals surface area (Å²) in [5, 5.41) is 37.6. The van der Waals surface area contributed by atoms with Crippen molar-refractivity contribution in [2.24, 2.45) is 0 Å². The molecule has 1 rings (SSSR count). The molecule has 0 saturated carbocycles. The molecule has 5 atom stereocenters. The Morgan fingerprint density at radius 2 is 1.67 bits per heavy atom. The Morgan fingerprint density at radius 1 is 1.05 bits per heavy atom. The Labute approximate surface area is 120 Å². The van der Waals surface area contributed by atoms with E-state index in [4.69, 9.17) is 9.47 Å². The molecule has 9 nitrogen and oxygen atoms in total. The van der Waals surface area contributed by atoms with E-state index < -0.39 is 49.3 Å². The number of ether oxygens (including phenoxy) is 3. The van der Waals surface area contributed by atoms with Crippen LogP contribution in [0.5, 0.6) is 0 Å². The zero-order valence-corrected chi connectivity index (χ0v) is 11.1. The van der Waals surface area contributed by atoms with Gasteiger partial charge in [-0.25, -0.2) is 0 Å². The molecule has 0 aromatic carbocycles. The predicted molar refractivity (Wildman–Crippen MR) is 65.4 cm³/mol. The summed E-state index contributed by atoms with van der Waals surface area (Å²) in [6.07, 6.45) is -7.21. The Hall–Kier alpha value is -1.52. The SMILES string of the molecule is C=COC(=O)CCC(=O)OC[C@H]1O[C@@H](O)[C@H](O)[C@@H](O)[C@H]1O. The molecule has 0 aromatic rings. The van der Waals surface area contributed by atoms with E-state index in [0.717, 1.165) is 6.26 Å². The van der Waals surface area contributed by atoms with Gasteiger partial charge in [0.15, 0.2) is 6.29 Å². The molecule has 0 radical (unpaired) electrons. The molecule has 0 unspecified atom stereocenters. The van der Waals surface area contributed by atoms with E-state index >= 15 is 0 Å². The van der Waals surface area contributed by atoms with Crippen LogP contribution in [-0.4, -0.2) is 69.7 Å². The lowest BCUT2D eigenvalue weighted by Crippen LogP contribution is -2.58. The van der Waals surface area contributed by atoms with Gasteiger partial charge < -0.3 is 34.6 Å². The Kier molecular flexibility index (Phi) is 6.72. The summed E-state index contributed by atoms with van der Waals surface area (Å²) in [7, 11) is 0. The molecule has 0 bridgehead atoms. The second-order valence-corrected chi connectivity index (χ2v) is 4.38. The monoisotopic (exact) mass is 306 g/mol. The highest BCUT2D eigenvalue weighted by Crippen LogP contribution is 2.20. The minimum atomic E-state index is -1.70. The maximum Gasteiger partial charge on any atom is 0.311 e. The standard InChI is InChI=1S/C12H18O9/c1-2-19-7(13)3-4-8(14)20-5-6-9(15)10(16)11(17)12(18)21-6/h2,6,9-12,15-18H,1,3-5H2/t6-,9+,10+,11-,12-/m1/s1. The fourth-order valence-corrected chi connectivity index (χ4v) is 1.67. The van der Waals surface area contributed by atoms with Gasteiger partial charge in [0.1, 0.15) is 31.0 Å². The van der Waals surface area contributed by atoms with Crippen LogP contribution in [0.25, 0.3) is 0 Å². The van der Waals surface area contributed by atoms with Gasteiger partial charge in [-0.3, -0.25) is 9.59 Å². The zero-order valence-electron chi connectivity index (χ0n) is 11.1. The number of hydrogen-bond acceptors (Lipinski definition) is 9. The lowest BCUT2D eigenvalue weighted by molar-refractivity contribution is -0.287. The fraction of sp³-hybridized carbons (Fsp3) is 0.667. The average Bonchev–Trinajstić information content (AvgIpc) is 2.45. The first kappa shape index (κ1) is 17.5. The number of carbonyl (C=O) groups excluding carboxylic acids is 2. The Bertz CT molecular complexity index is 383. The van der Waals surface area contributed by atoms with Crippen molar-refractivity contribution in [3.63, 3.8) is 0 Å². The lowest BCUT2D eigenvalue weighted by atomic mass is 9.99. The van der Waals surface area contributed by atoms with Gasteiger partial charge in [0, 0.05) is 0 Å². The number of hydrogen-bond donors (Lipinski definition) is 4. The average molecular weight is 306 g/mol. The molecular weight excluding hydrogens is 288 g/mol. The molecule has 0 spiro atoms. The quantitative estimate of drug-likeness (QED) is 0.317. The first-order chi connectivity index (χ1) is 9.86. The molecule has 0 aliphatic carbocycles. The van der Waals surface area contributed by atoms with Gasteiger partial charge in [-0.1, -0.05) is 6.58 Å². The van der Waals surface area contributed by atoms with Crippen molar-refractivity contribution >= 4 is 11.9 Å². The van der Waals surface area contributed by atoms with Crippen LogP contribution in [0.1, 0.15) is 12.8 Å². The Morgan fingerprint density at radius 3 is 2.29 bits per heavy atom. The first-order valence-electron chi connectivity index (χ1n) is 6.20. The molecule has 0 aromatic heterocycles. The molecule has 1 fully saturated rings. The van der Waals surface area contributed by atoms with Gasteiger partial charge in [0.05, 0.1) is 19.1 Å². The largest absolute Gasteiger partial charge is 0.463 e. The van der Waals surface area contributed by atoms with Crippen molar-refractivity contribution in [1.82, 2.24) is 0 Å². The van der Waals surface area contributed by atoms with Gasteiger partial charge in [0.25, 0.3) is 0 Å². The highest BCUT2D eigenvalue weighted by molar-refractivity contribution is 5.77. The molecule has 1 aliphatic rings. The summed E-state index contributed by atoms with van der Waals surface area (Å²) in [4.78, 5) is 22.3. The van der Waals surface area contributed by atoms with Crippen molar-refractivity contribution < 1.29 is 44.2 Å². The van der Waals surface area contributed by atoms with Crippen LogP contribution in [0.2, 0.25) is 0 Å². The summed E-state index contributed by atoms with van der Waals surface area (Å²) >= 11 is 0. The van der Waals surface area contributed by atoms with Gasteiger partial charge in [0.2, 0.25) is 0 Å². The van der Waals surface area contributed by atoms with E-state index in [9.17, 15) is 30.0 Å². The van der Waals surface area contributed by atoms with E-state index in [1.807, 2.05) is 0 Å². The second-order valence-electron chi connectivity index (χ2n) is 4.38. The van der Waals surface area contributed by atoms with Crippen LogP contribution in [0.3, 0.4) is 0 Å². The maximum atomic E-state index is 11.4. The molecule has 1 heterocycles. The molecule has 120 valence electrons. The van der Waals surface area contributed by atoms with Crippen molar-refractivity contribution in [2.45, 2.75) is 43.5 Å². The molecular formula is C12H18O9. The van der Waals surface area contributed by atoms with Crippen molar-refractivity contribution in [2.75, 3.05) is 6.61 Å². The molecule has 0 amide bonds. The molecule has 4 N–H and O–H groups in total. The number of aliphatic hydroxyl groups is 4. The van der Waals surface area contributed by atoms with Crippen molar-refractivity contribution in [3.8, 4) is 0 Å². The summed E-state index contributed by atoms with van der Waals surface area (Å²) in [6, 6.07) is 0. The summed E-state index contributed by atoms with van der Waals surface area (Å²) in [6.45, 7) is 2.74. The van der Waals surface area contributed by atoms with Crippen LogP contribution in [-0.2, 0) is 23.8 Å². The first-order valence-corrected chi connectivity index (χ1v) is 6.20. The lowest BCUT2D eigenvalue weighted by Gasteiger charge is -2.37. The third-order valence-corrected chi connectivity index (χ3v) is 2.84. The summed E-state index contributed by atoms with van der Waals surface area (Å²) in [5.41, 5.74) is 0. The van der Waals surface area contributed by atoms with E-state index in [1.54, 1.807) is 0 Å². The third kappa shape index (κ3) is 5.06. The topological polar surface area (TPSA) is 143 Å². The second kappa shape index (κ2) is 8.05. The maximum absolute atomic E-state index is 11.4. The predicted octanol–water partition coefficient (Wildman–Crippen LogP) is -2.20. The van der Waals surface area contributed by atoms with Crippen LogP contribution in [0, 0.1) is 0 Å². The van der Waals surface area contributed by atoms with E-state index in [2.05, 4.69) is 11.3 Å². The van der Waals surface area contributed by atoms with Gasteiger partial charge >= 0.3 is 11.9 Å². The summed E-state index contributed by atoms with van der Waals surface area (Å²) in [5.74, 6) is -1.40. The molecule has 1 saturated heterocycles. The summed E-state index contributed by atoms with van der Waals surface area (Å²) < 4.78 is 14.0. The van der Waals surface area contributed by atoms with Crippen LogP contribution in [0.4, 0.5) is 0 Å². The number of carbonyl (C=O) groups is 2. The fourth-order valence-electron chi connectivity index (χ4n) is 1.67. The highest BCUT2D eigenvalue weighted by Gasteiger charge is 2.43. The Balaban J connectivity index is 2.35. The van der Waals surface area contributed by atoms with E-state index in [1.165, 1.54) is 0 Å². The van der Waals surface area contributed by atoms with Crippen LogP contribution < -0.4 is 0 Å². The molecule has 21 heavy (non-hydrogen) atoms. The number of rotatable bonds is 6. The van der Waals surface area contributed by atoms with E-state index in [-0.39, 0.29) is 12.8 Å². The minimum absolute atomic E-state index is 0.205. The van der Waals surface area contributed by atoms with Crippen molar-refractivity contribution in [3.05, 3.63) is 12.8 Å². The zero-order chi connectivity index (χ0) is 16.0. The molecule has 1 aliphatic heterocycles. The van der Waals surface area contributed by atoms with Crippen molar-refractivity contribution in [1.29, 1.82) is 0 Å². The smallest absolute Gasteiger partial charge is 0.311 e. The molecule has 9 heteroatoms. The van der Waals surface area contributed by atoms with Gasteiger partial charge in [-0.15, -0.1) is 0 Å². The number of esters is 2. The normalized spacial score (nSPS) is 32.3. The highest BCUT2D eigenvalue weighted by atomic mass is 16.6. The number of aliphatic hydroxyl groups excluding tert-OH is 4. The van der Waals surface area contributed by atoms with E-state index in [0.29, 0.717) is 0 Å². The minimum Gasteiger partial charge on any atom is -0.463 e.